The number of halogens is 1. The van der Waals surface area contributed by atoms with E-state index in [9.17, 15) is 4.39 Å². The third-order valence-corrected chi connectivity index (χ3v) is 3.74. The SMILES string of the molecule is Cc1cc(CCN)cnc1N1CCc2ccc(F)cc21. The molecule has 1 aliphatic rings. The van der Waals surface area contributed by atoms with Crippen molar-refractivity contribution in [3.05, 3.63) is 53.0 Å². The minimum absolute atomic E-state index is 0.201. The van der Waals surface area contributed by atoms with Gasteiger partial charge in [0, 0.05) is 18.4 Å². The Morgan fingerprint density at radius 2 is 2.20 bits per heavy atom. The maximum Gasteiger partial charge on any atom is 0.135 e. The van der Waals surface area contributed by atoms with Crippen LogP contribution in [0.1, 0.15) is 16.7 Å². The highest BCUT2D eigenvalue weighted by molar-refractivity contribution is 5.69. The van der Waals surface area contributed by atoms with Gasteiger partial charge >= 0.3 is 0 Å². The Balaban J connectivity index is 1.98. The van der Waals surface area contributed by atoms with Crippen molar-refractivity contribution in [2.75, 3.05) is 18.0 Å². The van der Waals surface area contributed by atoms with E-state index in [0.717, 1.165) is 42.0 Å². The molecule has 0 saturated heterocycles. The van der Waals surface area contributed by atoms with Crippen molar-refractivity contribution in [2.45, 2.75) is 19.8 Å². The summed E-state index contributed by atoms with van der Waals surface area (Å²) >= 11 is 0. The first kappa shape index (κ1) is 13.1. The molecule has 0 unspecified atom stereocenters. The average Bonchev–Trinajstić information content (AvgIpc) is 2.82. The summed E-state index contributed by atoms with van der Waals surface area (Å²) in [5.74, 6) is 0.711. The number of fused-ring (bicyclic) bond motifs is 1. The first-order valence-corrected chi connectivity index (χ1v) is 6.90. The molecule has 0 bridgehead atoms. The predicted octanol–water partition coefficient (Wildman–Crippen LogP) is 2.72. The summed E-state index contributed by atoms with van der Waals surface area (Å²) in [4.78, 5) is 6.65. The second-order valence-electron chi connectivity index (χ2n) is 5.20. The predicted molar refractivity (Wildman–Crippen MR) is 78.8 cm³/mol. The van der Waals surface area contributed by atoms with Gasteiger partial charge in [-0.2, -0.15) is 0 Å². The Hall–Kier alpha value is -1.94. The van der Waals surface area contributed by atoms with Crippen LogP contribution in [0, 0.1) is 12.7 Å². The van der Waals surface area contributed by atoms with Crippen molar-refractivity contribution < 1.29 is 4.39 Å². The summed E-state index contributed by atoms with van der Waals surface area (Å²) < 4.78 is 13.5. The van der Waals surface area contributed by atoms with E-state index < -0.39 is 0 Å². The molecule has 1 aromatic carbocycles. The Morgan fingerprint density at radius 3 is 2.95 bits per heavy atom. The number of anilines is 2. The fraction of sp³-hybridized carbons (Fsp3) is 0.312. The molecule has 3 nitrogen and oxygen atoms in total. The third kappa shape index (κ3) is 2.27. The van der Waals surface area contributed by atoms with Gasteiger partial charge in [0.15, 0.2) is 0 Å². The van der Waals surface area contributed by atoms with Gasteiger partial charge < -0.3 is 10.6 Å². The molecule has 0 spiro atoms. The number of pyridine rings is 1. The molecule has 0 aliphatic carbocycles. The molecule has 3 rings (SSSR count). The Labute approximate surface area is 118 Å². The van der Waals surface area contributed by atoms with Crippen LogP contribution < -0.4 is 10.6 Å². The summed E-state index contributed by atoms with van der Waals surface area (Å²) in [7, 11) is 0. The number of nitrogens with two attached hydrogens (primary N) is 1. The fourth-order valence-electron chi connectivity index (χ4n) is 2.78. The van der Waals surface area contributed by atoms with Gasteiger partial charge in [0.05, 0.1) is 0 Å². The molecule has 2 aromatic rings. The topological polar surface area (TPSA) is 42.1 Å². The van der Waals surface area contributed by atoms with E-state index in [0.29, 0.717) is 6.54 Å². The second-order valence-corrected chi connectivity index (χ2v) is 5.20. The summed E-state index contributed by atoms with van der Waals surface area (Å²) in [6.07, 6.45) is 3.63. The lowest BCUT2D eigenvalue weighted by molar-refractivity contribution is 0.628. The largest absolute Gasteiger partial charge is 0.330 e. The normalized spacial score (nSPS) is 13.7. The van der Waals surface area contributed by atoms with E-state index in [-0.39, 0.29) is 5.82 Å². The van der Waals surface area contributed by atoms with Crippen molar-refractivity contribution in [1.82, 2.24) is 4.98 Å². The monoisotopic (exact) mass is 271 g/mol. The Morgan fingerprint density at radius 1 is 1.35 bits per heavy atom. The van der Waals surface area contributed by atoms with Crippen LogP contribution in [0.2, 0.25) is 0 Å². The molecule has 0 fully saturated rings. The van der Waals surface area contributed by atoms with Crippen LogP contribution in [0.15, 0.2) is 30.5 Å². The molecule has 0 amide bonds. The highest BCUT2D eigenvalue weighted by atomic mass is 19.1. The molecule has 1 aromatic heterocycles. The number of aryl methyl sites for hydroxylation is 1. The quantitative estimate of drug-likeness (QED) is 0.933. The summed E-state index contributed by atoms with van der Waals surface area (Å²) in [5.41, 5.74) is 9.94. The van der Waals surface area contributed by atoms with E-state index in [1.807, 2.05) is 19.2 Å². The van der Waals surface area contributed by atoms with Gasteiger partial charge in [-0.25, -0.2) is 9.37 Å². The Kier molecular flexibility index (Phi) is 3.40. The van der Waals surface area contributed by atoms with Crippen LogP contribution in [0.4, 0.5) is 15.9 Å². The fourth-order valence-corrected chi connectivity index (χ4v) is 2.78. The number of benzene rings is 1. The maximum atomic E-state index is 13.5. The van der Waals surface area contributed by atoms with Gasteiger partial charge in [-0.15, -0.1) is 0 Å². The molecule has 2 N–H and O–H groups in total. The molecule has 1 aliphatic heterocycles. The molecule has 0 saturated carbocycles. The number of hydrogen-bond acceptors (Lipinski definition) is 3. The van der Waals surface area contributed by atoms with Crippen LogP contribution in [-0.2, 0) is 12.8 Å². The van der Waals surface area contributed by atoms with E-state index in [1.165, 1.54) is 11.6 Å². The van der Waals surface area contributed by atoms with Gasteiger partial charge in [-0.3, -0.25) is 0 Å². The van der Waals surface area contributed by atoms with Gasteiger partial charge in [0.1, 0.15) is 11.6 Å². The molecular weight excluding hydrogens is 253 g/mol. The average molecular weight is 271 g/mol. The van der Waals surface area contributed by atoms with E-state index in [4.69, 9.17) is 5.73 Å². The van der Waals surface area contributed by atoms with Crippen LogP contribution in [-0.4, -0.2) is 18.1 Å². The van der Waals surface area contributed by atoms with Gasteiger partial charge in [0.25, 0.3) is 0 Å². The van der Waals surface area contributed by atoms with Crippen molar-refractivity contribution in [2.24, 2.45) is 5.73 Å². The van der Waals surface area contributed by atoms with Crippen LogP contribution in [0.5, 0.6) is 0 Å². The lowest BCUT2D eigenvalue weighted by Gasteiger charge is -2.21. The highest BCUT2D eigenvalue weighted by Gasteiger charge is 2.23. The van der Waals surface area contributed by atoms with Crippen LogP contribution in [0.3, 0.4) is 0 Å². The molecule has 4 heteroatoms. The minimum atomic E-state index is -0.201. The molecule has 0 atom stereocenters. The number of nitrogens with zero attached hydrogens (tertiary/aromatic N) is 2. The standard InChI is InChI=1S/C16H18FN3/c1-11-8-12(4-6-18)10-19-16(11)20-7-5-13-2-3-14(17)9-15(13)20/h2-3,8-10H,4-7,18H2,1H3. The van der Waals surface area contributed by atoms with Gasteiger partial charge in [0.2, 0.25) is 0 Å². The molecule has 2 heterocycles. The lowest BCUT2D eigenvalue weighted by Crippen LogP contribution is -2.16. The molecule has 20 heavy (non-hydrogen) atoms. The van der Waals surface area contributed by atoms with Crippen LogP contribution >= 0.6 is 0 Å². The number of rotatable bonds is 3. The summed E-state index contributed by atoms with van der Waals surface area (Å²) in [6.45, 7) is 3.51. The zero-order valence-electron chi connectivity index (χ0n) is 11.6. The first-order chi connectivity index (χ1) is 9.69. The second kappa shape index (κ2) is 5.21. The van der Waals surface area contributed by atoms with Crippen molar-refractivity contribution in [3.8, 4) is 0 Å². The lowest BCUT2D eigenvalue weighted by atomic mass is 10.1. The zero-order chi connectivity index (χ0) is 14.1. The molecular formula is C16H18FN3. The number of hydrogen-bond donors (Lipinski definition) is 1. The van der Waals surface area contributed by atoms with E-state index in [1.54, 1.807) is 6.07 Å². The van der Waals surface area contributed by atoms with Crippen molar-refractivity contribution in [1.29, 1.82) is 0 Å². The first-order valence-electron chi connectivity index (χ1n) is 6.90. The smallest absolute Gasteiger partial charge is 0.135 e. The minimum Gasteiger partial charge on any atom is -0.330 e. The number of aromatic nitrogens is 1. The zero-order valence-corrected chi connectivity index (χ0v) is 11.6. The molecule has 0 radical (unpaired) electrons. The summed E-state index contributed by atoms with van der Waals surface area (Å²) in [6, 6.07) is 7.10. The third-order valence-electron chi connectivity index (χ3n) is 3.74. The maximum absolute atomic E-state index is 13.5. The Bertz CT molecular complexity index is 640. The molecule has 104 valence electrons. The highest BCUT2D eigenvalue weighted by Crippen LogP contribution is 2.35. The van der Waals surface area contributed by atoms with Crippen molar-refractivity contribution in [3.63, 3.8) is 0 Å². The van der Waals surface area contributed by atoms with Gasteiger partial charge in [-0.05, 0) is 55.1 Å². The summed E-state index contributed by atoms with van der Waals surface area (Å²) in [5, 5.41) is 0. The van der Waals surface area contributed by atoms with Gasteiger partial charge in [-0.1, -0.05) is 12.1 Å². The van der Waals surface area contributed by atoms with E-state index >= 15 is 0 Å². The van der Waals surface area contributed by atoms with Crippen molar-refractivity contribution >= 4 is 11.5 Å². The van der Waals surface area contributed by atoms with Crippen LogP contribution in [0.25, 0.3) is 0 Å². The van der Waals surface area contributed by atoms with E-state index in [2.05, 4.69) is 16.0 Å².